The second-order valence-corrected chi connectivity index (χ2v) is 6.95. The minimum absolute atomic E-state index is 0.0401. The largest absolute Gasteiger partial charge is 0.459 e. The number of furan rings is 1. The van der Waals surface area contributed by atoms with Gasteiger partial charge in [0.15, 0.2) is 5.76 Å². The Morgan fingerprint density at radius 3 is 2.84 bits per heavy atom. The molecular formula is C18H22N4O3. The van der Waals surface area contributed by atoms with Gasteiger partial charge in [-0.1, -0.05) is 0 Å². The van der Waals surface area contributed by atoms with E-state index in [9.17, 15) is 4.79 Å². The Balaban J connectivity index is 1.24. The van der Waals surface area contributed by atoms with Crippen molar-refractivity contribution in [1.82, 2.24) is 14.9 Å². The molecule has 4 heterocycles. The summed E-state index contributed by atoms with van der Waals surface area (Å²) >= 11 is 0. The van der Waals surface area contributed by atoms with Crippen molar-refractivity contribution in [3.63, 3.8) is 0 Å². The van der Waals surface area contributed by atoms with Crippen LogP contribution in [0.5, 0.6) is 0 Å². The fourth-order valence-electron chi connectivity index (χ4n) is 3.48. The third kappa shape index (κ3) is 3.24. The second-order valence-electron chi connectivity index (χ2n) is 6.95. The number of hydrogen-bond donors (Lipinski definition) is 1. The molecule has 2 fully saturated rings. The Labute approximate surface area is 146 Å². The maximum Gasteiger partial charge on any atom is 0.290 e. The Morgan fingerprint density at radius 2 is 2.20 bits per heavy atom. The van der Waals surface area contributed by atoms with Gasteiger partial charge < -0.3 is 19.4 Å². The van der Waals surface area contributed by atoms with Gasteiger partial charge >= 0.3 is 0 Å². The molecular weight excluding hydrogens is 320 g/mol. The highest BCUT2D eigenvalue weighted by Gasteiger charge is 2.49. The number of carbonyl (C=O) groups is 1. The number of nitrogens with zero attached hydrogens (tertiary/aromatic N) is 3. The van der Waals surface area contributed by atoms with Crippen molar-refractivity contribution >= 4 is 11.9 Å². The molecule has 0 radical (unpaired) electrons. The molecule has 0 bridgehead atoms. The summed E-state index contributed by atoms with van der Waals surface area (Å²) in [5, 5.41) is 3.25. The molecule has 2 saturated heterocycles. The summed E-state index contributed by atoms with van der Waals surface area (Å²) in [7, 11) is 0. The van der Waals surface area contributed by atoms with Gasteiger partial charge in [-0.05, 0) is 37.8 Å². The molecule has 25 heavy (non-hydrogen) atoms. The van der Waals surface area contributed by atoms with E-state index in [-0.39, 0.29) is 11.5 Å². The first-order valence-electron chi connectivity index (χ1n) is 8.63. The Hall–Kier alpha value is -2.41. The van der Waals surface area contributed by atoms with Gasteiger partial charge in [0.05, 0.1) is 26.0 Å². The van der Waals surface area contributed by atoms with Gasteiger partial charge in [0.25, 0.3) is 5.91 Å². The van der Waals surface area contributed by atoms with E-state index in [1.807, 2.05) is 17.9 Å². The molecule has 1 atom stereocenters. The normalized spacial score (nSPS) is 21.8. The van der Waals surface area contributed by atoms with Crippen molar-refractivity contribution in [3.8, 4) is 0 Å². The number of aromatic nitrogens is 2. The topological polar surface area (TPSA) is 80.5 Å². The van der Waals surface area contributed by atoms with E-state index in [1.54, 1.807) is 24.7 Å². The number of carbonyl (C=O) groups excluding carboxylic acids is 1. The van der Waals surface area contributed by atoms with Crippen molar-refractivity contribution in [3.05, 3.63) is 42.1 Å². The lowest BCUT2D eigenvalue weighted by molar-refractivity contribution is -0.165. The van der Waals surface area contributed by atoms with Crippen molar-refractivity contribution in [2.75, 3.05) is 31.6 Å². The Bertz CT molecular complexity index is 730. The average molecular weight is 342 g/mol. The third-order valence-corrected chi connectivity index (χ3v) is 5.05. The average Bonchev–Trinajstić information content (AvgIpc) is 3.05. The Kier molecular flexibility index (Phi) is 4.17. The molecule has 2 aromatic rings. The summed E-state index contributed by atoms with van der Waals surface area (Å²) in [6.07, 6.45) is 7.05. The molecule has 1 amide bonds. The van der Waals surface area contributed by atoms with E-state index in [0.29, 0.717) is 37.3 Å². The van der Waals surface area contributed by atoms with E-state index in [2.05, 4.69) is 15.3 Å². The van der Waals surface area contributed by atoms with E-state index in [0.717, 1.165) is 24.9 Å². The van der Waals surface area contributed by atoms with Gasteiger partial charge in [-0.3, -0.25) is 4.79 Å². The number of ether oxygens (including phenoxy) is 1. The molecule has 132 valence electrons. The van der Waals surface area contributed by atoms with Gasteiger partial charge in [0.1, 0.15) is 5.60 Å². The summed E-state index contributed by atoms with van der Waals surface area (Å²) in [5.41, 5.74) is 0.709. The molecule has 4 rings (SSSR count). The van der Waals surface area contributed by atoms with Crippen LogP contribution in [0.1, 0.15) is 29.0 Å². The number of anilines is 1. The standard InChI is InChI=1S/C18H22N4O3/c1-13-4-8-24-15(13)16(23)22-11-18(12-22)5-3-14(10-25-18)9-21-17-19-6-2-7-20-17/h2,4,6-8,14H,3,5,9-12H2,1H3,(H,19,20,21). The Morgan fingerprint density at radius 1 is 1.40 bits per heavy atom. The molecule has 1 N–H and O–H groups in total. The molecule has 2 aliphatic rings. The molecule has 2 aliphatic heterocycles. The van der Waals surface area contributed by atoms with Crippen molar-refractivity contribution < 1.29 is 13.9 Å². The maximum absolute atomic E-state index is 12.4. The minimum atomic E-state index is -0.171. The second kappa shape index (κ2) is 6.48. The lowest BCUT2D eigenvalue weighted by Gasteiger charge is -2.52. The van der Waals surface area contributed by atoms with Crippen LogP contribution in [0, 0.1) is 12.8 Å². The molecule has 0 aromatic carbocycles. The van der Waals surface area contributed by atoms with Crippen LogP contribution >= 0.6 is 0 Å². The summed E-state index contributed by atoms with van der Waals surface area (Å²) < 4.78 is 11.4. The number of hydrogen-bond acceptors (Lipinski definition) is 6. The van der Waals surface area contributed by atoms with Crippen LogP contribution in [0.15, 0.2) is 35.2 Å². The van der Waals surface area contributed by atoms with Crippen LogP contribution in [0.4, 0.5) is 5.95 Å². The zero-order chi connectivity index (χ0) is 17.3. The zero-order valence-electron chi connectivity index (χ0n) is 14.3. The zero-order valence-corrected chi connectivity index (χ0v) is 14.3. The summed E-state index contributed by atoms with van der Waals surface area (Å²) in [4.78, 5) is 22.5. The van der Waals surface area contributed by atoms with Crippen LogP contribution in [0.25, 0.3) is 0 Å². The molecule has 1 unspecified atom stereocenters. The van der Waals surface area contributed by atoms with Gasteiger partial charge in [-0.15, -0.1) is 0 Å². The summed E-state index contributed by atoms with van der Waals surface area (Å²) in [6, 6.07) is 3.61. The van der Waals surface area contributed by atoms with Gasteiger partial charge in [-0.2, -0.15) is 0 Å². The predicted molar refractivity (Wildman–Crippen MR) is 91.3 cm³/mol. The minimum Gasteiger partial charge on any atom is -0.459 e. The fourth-order valence-corrected chi connectivity index (χ4v) is 3.48. The molecule has 1 spiro atoms. The van der Waals surface area contributed by atoms with Gasteiger partial charge in [-0.25, -0.2) is 9.97 Å². The number of likely N-dealkylation sites (tertiary alicyclic amines) is 1. The monoisotopic (exact) mass is 342 g/mol. The molecule has 7 nitrogen and oxygen atoms in total. The van der Waals surface area contributed by atoms with Crippen LogP contribution < -0.4 is 5.32 Å². The fraction of sp³-hybridized carbons (Fsp3) is 0.500. The quantitative estimate of drug-likeness (QED) is 0.917. The first kappa shape index (κ1) is 16.1. The highest BCUT2D eigenvalue weighted by atomic mass is 16.5. The number of aryl methyl sites for hydroxylation is 1. The molecule has 0 saturated carbocycles. The summed E-state index contributed by atoms with van der Waals surface area (Å²) in [6.45, 7) is 4.68. The number of rotatable bonds is 4. The van der Waals surface area contributed by atoms with Crippen molar-refractivity contribution in [1.29, 1.82) is 0 Å². The van der Waals surface area contributed by atoms with Crippen LogP contribution in [-0.2, 0) is 4.74 Å². The van der Waals surface area contributed by atoms with Crippen molar-refractivity contribution in [2.45, 2.75) is 25.4 Å². The van der Waals surface area contributed by atoms with Gasteiger partial charge in [0, 0.05) is 24.5 Å². The highest BCUT2D eigenvalue weighted by Crippen LogP contribution is 2.37. The molecule has 7 heteroatoms. The number of nitrogens with one attached hydrogen (secondary N) is 1. The lowest BCUT2D eigenvalue weighted by atomic mass is 9.82. The van der Waals surface area contributed by atoms with Crippen LogP contribution in [0.3, 0.4) is 0 Å². The van der Waals surface area contributed by atoms with E-state index < -0.39 is 0 Å². The van der Waals surface area contributed by atoms with Crippen LogP contribution in [0.2, 0.25) is 0 Å². The lowest BCUT2D eigenvalue weighted by Crippen LogP contribution is -2.66. The van der Waals surface area contributed by atoms with E-state index in [4.69, 9.17) is 9.15 Å². The SMILES string of the molecule is Cc1ccoc1C(=O)N1CC2(CCC(CNc3ncccn3)CO2)C1. The summed E-state index contributed by atoms with van der Waals surface area (Å²) in [5.74, 6) is 1.49. The first-order chi connectivity index (χ1) is 12.2. The molecule has 2 aromatic heterocycles. The molecule has 0 aliphatic carbocycles. The smallest absolute Gasteiger partial charge is 0.290 e. The number of amides is 1. The third-order valence-electron chi connectivity index (χ3n) is 5.05. The van der Waals surface area contributed by atoms with Gasteiger partial charge in [0.2, 0.25) is 5.95 Å². The first-order valence-corrected chi connectivity index (χ1v) is 8.63. The maximum atomic E-state index is 12.4. The highest BCUT2D eigenvalue weighted by molar-refractivity contribution is 5.93. The van der Waals surface area contributed by atoms with E-state index in [1.165, 1.54) is 0 Å². The van der Waals surface area contributed by atoms with Crippen LogP contribution in [-0.4, -0.2) is 52.6 Å². The van der Waals surface area contributed by atoms with E-state index >= 15 is 0 Å². The van der Waals surface area contributed by atoms with Crippen molar-refractivity contribution in [2.24, 2.45) is 5.92 Å². The predicted octanol–water partition coefficient (Wildman–Crippen LogP) is 2.11.